The summed E-state index contributed by atoms with van der Waals surface area (Å²) in [6.07, 6.45) is 0. The first-order valence-corrected chi connectivity index (χ1v) is 7.77. The second-order valence-electron chi connectivity index (χ2n) is 5.18. The van der Waals surface area contributed by atoms with Crippen molar-refractivity contribution in [3.8, 4) is 0 Å². The quantitative estimate of drug-likeness (QED) is 0.628. The molecule has 0 heterocycles. The van der Waals surface area contributed by atoms with Crippen molar-refractivity contribution in [1.82, 2.24) is 0 Å². The summed E-state index contributed by atoms with van der Waals surface area (Å²) in [5, 5.41) is 12.4. The molecule has 0 fully saturated rings. The zero-order chi connectivity index (χ0) is 16.4. The highest BCUT2D eigenvalue weighted by Crippen LogP contribution is 2.41. The van der Waals surface area contributed by atoms with Crippen LogP contribution in [0.25, 0.3) is 0 Å². The fraction of sp³-hybridized carbons (Fsp3) is 0.0526. The van der Waals surface area contributed by atoms with Crippen molar-refractivity contribution in [3.05, 3.63) is 105 Å². The van der Waals surface area contributed by atoms with Gasteiger partial charge in [0.25, 0.3) is 0 Å². The highest BCUT2D eigenvalue weighted by molar-refractivity contribution is 6.31. The van der Waals surface area contributed by atoms with E-state index in [2.05, 4.69) is 0 Å². The Hall–Kier alpha value is -1.87. The molecule has 3 aromatic carbocycles. The van der Waals surface area contributed by atoms with E-state index in [9.17, 15) is 9.50 Å². The van der Waals surface area contributed by atoms with E-state index in [-0.39, 0.29) is 5.56 Å². The lowest BCUT2D eigenvalue weighted by Crippen LogP contribution is -2.30. The fourth-order valence-corrected chi connectivity index (χ4v) is 3.05. The molecule has 4 heteroatoms. The van der Waals surface area contributed by atoms with Gasteiger partial charge in [0.1, 0.15) is 11.4 Å². The van der Waals surface area contributed by atoms with Gasteiger partial charge in [0.2, 0.25) is 0 Å². The molecular formula is C19H13Cl2FO. The van der Waals surface area contributed by atoms with E-state index in [1.165, 1.54) is 6.07 Å². The fourth-order valence-electron chi connectivity index (χ4n) is 2.66. The minimum Gasteiger partial charge on any atom is -0.376 e. The third-order valence-electron chi connectivity index (χ3n) is 3.79. The second-order valence-corrected chi connectivity index (χ2v) is 6.02. The van der Waals surface area contributed by atoms with E-state index in [4.69, 9.17) is 23.2 Å². The van der Waals surface area contributed by atoms with Gasteiger partial charge in [-0.3, -0.25) is 0 Å². The van der Waals surface area contributed by atoms with Gasteiger partial charge >= 0.3 is 0 Å². The summed E-state index contributed by atoms with van der Waals surface area (Å²) in [7, 11) is 0. The third kappa shape index (κ3) is 2.86. The van der Waals surface area contributed by atoms with Gasteiger partial charge in [0, 0.05) is 21.2 Å². The van der Waals surface area contributed by atoms with Crippen LogP contribution in [-0.4, -0.2) is 5.11 Å². The number of benzene rings is 3. The summed E-state index contributed by atoms with van der Waals surface area (Å²) in [4.78, 5) is 0. The molecule has 3 rings (SSSR count). The van der Waals surface area contributed by atoms with E-state index in [0.29, 0.717) is 21.2 Å². The SMILES string of the molecule is OC(c1ccc(Cl)cc1)(c1ccccc1F)c1ccccc1Cl. The van der Waals surface area contributed by atoms with Crippen molar-refractivity contribution in [2.75, 3.05) is 0 Å². The molecule has 0 bridgehead atoms. The maximum atomic E-state index is 14.4. The van der Waals surface area contributed by atoms with Crippen molar-refractivity contribution in [2.45, 2.75) is 5.60 Å². The van der Waals surface area contributed by atoms with Gasteiger partial charge in [-0.05, 0) is 29.8 Å². The molecule has 0 aliphatic rings. The van der Waals surface area contributed by atoms with E-state index in [1.807, 2.05) is 0 Å². The van der Waals surface area contributed by atoms with Gasteiger partial charge < -0.3 is 5.11 Å². The predicted octanol–water partition coefficient (Wildman–Crippen LogP) is 5.42. The molecule has 1 N–H and O–H groups in total. The van der Waals surface area contributed by atoms with Gasteiger partial charge in [0.05, 0.1) is 0 Å². The maximum Gasteiger partial charge on any atom is 0.144 e. The monoisotopic (exact) mass is 346 g/mol. The molecule has 1 atom stereocenters. The molecule has 0 radical (unpaired) electrons. The first-order chi connectivity index (χ1) is 11.0. The van der Waals surface area contributed by atoms with Crippen molar-refractivity contribution < 1.29 is 9.50 Å². The van der Waals surface area contributed by atoms with Crippen LogP contribution in [0.15, 0.2) is 72.8 Å². The Morgan fingerprint density at radius 3 is 1.91 bits per heavy atom. The van der Waals surface area contributed by atoms with Crippen LogP contribution in [0.2, 0.25) is 10.0 Å². The summed E-state index contributed by atoms with van der Waals surface area (Å²) < 4.78 is 14.4. The number of halogens is 3. The number of aliphatic hydroxyl groups is 1. The lowest BCUT2D eigenvalue weighted by atomic mass is 9.80. The molecule has 0 spiro atoms. The van der Waals surface area contributed by atoms with Gasteiger partial charge in [0.15, 0.2) is 0 Å². The molecule has 0 aliphatic carbocycles. The molecule has 1 unspecified atom stereocenters. The smallest absolute Gasteiger partial charge is 0.144 e. The van der Waals surface area contributed by atoms with Crippen molar-refractivity contribution in [3.63, 3.8) is 0 Å². The standard InChI is InChI=1S/C19H13Cl2FO/c20-14-11-9-13(10-12-14)19(23,15-5-1-3-7-17(15)21)16-6-2-4-8-18(16)22/h1-12,23H. The van der Waals surface area contributed by atoms with Crippen LogP contribution in [0, 0.1) is 5.82 Å². The highest BCUT2D eigenvalue weighted by Gasteiger charge is 2.37. The van der Waals surface area contributed by atoms with Gasteiger partial charge in [-0.2, -0.15) is 0 Å². The topological polar surface area (TPSA) is 20.2 Å². The molecule has 3 aromatic rings. The summed E-state index contributed by atoms with van der Waals surface area (Å²) in [6, 6.07) is 19.6. The predicted molar refractivity (Wildman–Crippen MR) is 91.4 cm³/mol. The Morgan fingerprint density at radius 2 is 1.30 bits per heavy atom. The number of hydrogen-bond donors (Lipinski definition) is 1. The first-order valence-electron chi connectivity index (χ1n) is 7.02. The van der Waals surface area contributed by atoms with Crippen LogP contribution in [0.1, 0.15) is 16.7 Å². The van der Waals surface area contributed by atoms with Crippen molar-refractivity contribution >= 4 is 23.2 Å². The summed E-state index contributed by atoms with van der Waals surface area (Å²) in [6.45, 7) is 0. The van der Waals surface area contributed by atoms with Crippen molar-refractivity contribution in [1.29, 1.82) is 0 Å². The zero-order valence-electron chi connectivity index (χ0n) is 12.0. The average molecular weight is 347 g/mol. The Balaban J connectivity index is 2.32. The van der Waals surface area contributed by atoms with E-state index in [1.54, 1.807) is 66.7 Å². The second kappa shape index (κ2) is 6.32. The largest absolute Gasteiger partial charge is 0.376 e. The van der Waals surface area contributed by atoms with Crippen LogP contribution in [0.5, 0.6) is 0 Å². The van der Waals surface area contributed by atoms with Crippen LogP contribution < -0.4 is 0 Å². The van der Waals surface area contributed by atoms with Crippen LogP contribution >= 0.6 is 23.2 Å². The lowest BCUT2D eigenvalue weighted by Gasteiger charge is -2.31. The number of hydrogen-bond acceptors (Lipinski definition) is 1. The normalized spacial score (nSPS) is 13.6. The Bertz CT molecular complexity index is 785. The lowest BCUT2D eigenvalue weighted by molar-refractivity contribution is 0.121. The molecule has 0 aliphatic heterocycles. The van der Waals surface area contributed by atoms with Gasteiger partial charge in [-0.25, -0.2) is 4.39 Å². The van der Waals surface area contributed by atoms with E-state index in [0.717, 1.165) is 0 Å². The number of rotatable bonds is 3. The highest BCUT2D eigenvalue weighted by atomic mass is 35.5. The van der Waals surface area contributed by atoms with Crippen LogP contribution in [0.3, 0.4) is 0 Å². The Morgan fingerprint density at radius 1 is 0.739 bits per heavy atom. The van der Waals surface area contributed by atoms with Crippen LogP contribution in [0.4, 0.5) is 4.39 Å². The molecule has 116 valence electrons. The summed E-state index contributed by atoms with van der Waals surface area (Å²) in [5.74, 6) is -0.509. The minimum atomic E-state index is -1.71. The Kier molecular flexibility index (Phi) is 4.40. The first kappa shape index (κ1) is 16.0. The van der Waals surface area contributed by atoms with Gasteiger partial charge in [-0.15, -0.1) is 0 Å². The maximum absolute atomic E-state index is 14.4. The minimum absolute atomic E-state index is 0.135. The molecule has 0 aromatic heterocycles. The molecule has 1 nitrogen and oxygen atoms in total. The molecular weight excluding hydrogens is 334 g/mol. The third-order valence-corrected chi connectivity index (χ3v) is 4.37. The average Bonchev–Trinajstić information content (AvgIpc) is 2.56. The molecule has 0 saturated heterocycles. The summed E-state index contributed by atoms with van der Waals surface area (Å²) in [5.41, 5.74) is -0.682. The molecule has 0 saturated carbocycles. The Labute approximate surface area is 143 Å². The van der Waals surface area contributed by atoms with Gasteiger partial charge in [-0.1, -0.05) is 71.7 Å². The molecule has 0 amide bonds. The van der Waals surface area contributed by atoms with Crippen molar-refractivity contribution in [2.24, 2.45) is 0 Å². The van der Waals surface area contributed by atoms with E-state index < -0.39 is 11.4 Å². The zero-order valence-corrected chi connectivity index (χ0v) is 13.5. The molecule has 23 heavy (non-hydrogen) atoms. The van der Waals surface area contributed by atoms with E-state index >= 15 is 0 Å². The summed E-state index contributed by atoms with van der Waals surface area (Å²) >= 11 is 12.2. The van der Waals surface area contributed by atoms with Crippen LogP contribution in [-0.2, 0) is 5.60 Å².